The van der Waals surface area contributed by atoms with Gasteiger partial charge in [0.05, 0.1) is 33.4 Å². The highest BCUT2D eigenvalue weighted by atomic mass is 32.2. The Labute approximate surface area is 271 Å². The Hall–Kier alpha value is -2.84. The second kappa shape index (κ2) is 13.0. The van der Waals surface area contributed by atoms with Crippen LogP contribution in [0.4, 0.5) is 0 Å². The van der Waals surface area contributed by atoms with E-state index in [-0.39, 0.29) is 29.0 Å². The highest BCUT2D eigenvalue weighted by molar-refractivity contribution is 7.93. The van der Waals surface area contributed by atoms with E-state index in [2.05, 4.69) is 5.32 Å². The lowest BCUT2D eigenvalue weighted by Gasteiger charge is -2.38. The number of ether oxygens (including phenoxy) is 2. The fraction of sp³-hybridized carbons (Fsp3) is 0.471. The number of hydrogen-bond acceptors (Lipinski definition) is 9. The smallest absolute Gasteiger partial charge is 0.243 e. The predicted molar refractivity (Wildman–Crippen MR) is 174 cm³/mol. The Morgan fingerprint density at radius 2 is 1.63 bits per heavy atom. The van der Waals surface area contributed by atoms with Crippen molar-refractivity contribution in [3.8, 4) is 16.9 Å². The highest BCUT2D eigenvalue weighted by Crippen LogP contribution is 2.46. The number of sulfonamides is 1. The topological polar surface area (TPSA) is 142 Å². The zero-order valence-electron chi connectivity index (χ0n) is 26.0. The van der Waals surface area contributed by atoms with Crippen LogP contribution in [0.25, 0.3) is 11.1 Å². The van der Waals surface area contributed by atoms with Gasteiger partial charge >= 0.3 is 0 Å². The van der Waals surface area contributed by atoms with E-state index in [1.54, 1.807) is 34.6 Å². The first-order valence-electron chi connectivity index (χ1n) is 15.8. The molecule has 1 aliphatic carbocycles. The van der Waals surface area contributed by atoms with Crippen LogP contribution in [0.15, 0.2) is 82.6 Å². The van der Waals surface area contributed by atoms with Crippen LogP contribution in [0, 0.1) is 6.92 Å². The van der Waals surface area contributed by atoms with E-state index in [1.807, 2.05) is 37.3 Å². The summed E-state index contributed by atoms with van der Waals surface area (Å²) in [4.78, 5) is 0.391. The normalized spacial score (nSPS) is 21.7. The lowest BCUT2D eigenvalue weighted by molar-refractivity contribution is -0.0312. The molecule has 2 heterocycles. The number of aryl methyl sites for hydroxylation is 1. The monoisotopic (exact) mass is 670 g/mol. The maximum absolute atomic E-state index is 13.6. The molecule has 1 saturated carbocycles. The van der Waals surface area contributed by atoms with Crippen molar-refractivity contribution in [1.29, 1.82) is 0 Å². The van der Waals surface area contributed by atoms with Gasteiger partial charge in [0.1, 0.15) is 18.5 Å². The molecule has 2 atom stereocenters. The number of piperidine rings is 1. The summed E-state index contributed by atoms with van der Waals surface area (Å²) in [5.41, 5.74) is 2.57. The van der Waals surface area contributed by atoms with Crippen LogP contribution < -0.4 is 10.1 Å². The van der Waals surface area contributed by atoms with E-state index in [4.69, 9.17) is 9.47 Å². The van der Waals surface area contributed by atoms with Gasteiger partial charge in [-0.2, -0.15) is 4.31 Å². The lowest BCUT2D eigenvalue weighted by atomic mass is 9.88. The van der Waals surface area contributed by atoms with E-state index in [1.165, 1.54) is 12.1 Å². The molecule has 0 aromatic heterocycles. The van der Waals surface area contributed by atoms with Gasteiger partial charge in [0.2, 0.25) is 10.0 Å². The van der Waals surface area contributed by atoms with Crippen molar-refractivity contribution in [1.82, 2.24) is 9.62 Å². The number of hydrogen-bond donors (Lipinski definition) is 3. The quantitative estimate of drug-likeness (QED) is 0.265. The molecule has 0 radical (unpaired) electrons. The standard InChI is InChI=1S/C34H42N2O8S2/c1-25-8-10-26(11-9-25)27-4-2-7-32(18-27)46(41,42)36-16-14-33(15-17-36)20-28(22-44-33)35-21-29(38)23-43-30-5-3-6-31(19-30)45(39,40)34(24-37)12-13-34/h2-11,18-19,28-29,35,37-38H,12-17,20-24H2,1H3. The van der Waals surface area contributed by atoms with Crippen LogP contribution in [-0.2, 0) is 24.6 Å². The number of nitrogens with zero attached hydrogens (tertiary/aromatic N) is 1. The largest absolute Gasteiger partial charge is 0.491 e. The molecule has 12 heteroatoms. The molecule has 6 rings (SSSR count). The van der Waals surface area contributed by atoms with Gasteiger partial charge in [0, 0.05) is 25.7 Å². The Morgan fingerprint density at radius 1 is 0.935 bits per heavy atom. The second-order valence-corrected chi connectivity index (χ2v) is 17.2. The van der Waals surface area contributed by atoms with Crippen molar-refractivity contribution < 1.29 is 36.5 Å². The molecule has 2 aliphatic heterocycles. The predicted octanol–water partition coefficient (Wildman–Crippen LogP) is 3.30. The Kier molecular flexibility index (Phi) is 9.34. The first kappa shape index (κ1) is 33.1. The van der Waals surface area contributed by atoms with Crippen molar-refractivity contribution in [2.75, 3.05) is 39.5 Å². The van der Waals surface area contributed by atoms with Crippen LogP contribution in [-0.4, -0.2) is 93.3 Å². The Morgan fingerprint density at radius 3 is 2.33 bits per heavy atom. The summed E-state index contributed by atoms with van der Waals surface area (Å²) in [6, 6.07) is 21.3. The molecular weight excluding hydrogens is 629 g/mol. The molecular formula is C34H42N2O8S2. The number of benzene rings is 3. The number of aliphatic hydroxyl groups is 2. The van der Waals surface area contributed by atoms with Gasteiger partial charge < -0.3 is 25.0 Å². The van der Waals surface area contributed by atoms with E-state index < -0.39 is 42.9 Å². The number of aliphatic hydroxyl groups excluding tert-OH is 2. The summed E-state index contributed by atoms with van der Waals surface area (Å²) >= 11 is 0. The van der Waals surface area contributed by atoms with Gasteiger partial charge in [-0.3, -0.25) is 0 Å². The van der Waals surface area contributed by atoms with Gasteiger partial charge in [0.25, 0.3) is 0 Å². The molecule has 0 bridgehead atoms. The maximum atomic E-state index is 13.6. The molecule has 1 spiro atoms. The minimum atomic E-state index is -3.67. The maximum Gasteiger partial charge on any atom is 0.243 e. The minimum absolute atomic E-state index is 0.00526. The van der Waals surface area contributed by atoms with Crippen LogP contribution in [0.1, 0.15) is 37.7 Å². The van der Waals surface area contributed by atoms with Crippen molar-refractivity contribution in [2.24, 2.45) is 0 Å². The fourth-order valence-corrected chi connectivity index (χ4v) is 9.70. The Bertz CT molecular complexity index is 1750. The molecule has 46 heavy (non-hydrogen) atoms. The number of sulfone groups is 1. The average Bonchev–Trinajstić information content (AvgIpc) is 3.79. The average molecular weight is 671 g/mol. The third kappa shape index (κ3) is 6.75. The zero-order chi connectivity index (χ0) is 32.6. The molecule has 3 N–H and O–H groups in total. The molecule has 3 aromatic carbocycles. The van der Waals surface area contributed by atoms with E-state index in [0.29, 0.717) is 57.6 Å². The highest BCUT2D eigenvalue weighted by Gasteiger charge is 2.54. The summed E-state index contributed by atoms with van der Waals surface area (Å²) in [7, 11) is -7.33. The first-order valence-corrected chi connectivity index (χ1v) is 18.7. The third-order valence-corrected chi connectivity index (χ3v) is 14.0. The third-order valence-electron chi connectivity index (χ3n) is 9.57. The SMILES string of the molecule is Cc1ccc(-c2cccc(S(=O)(=O)N3CCC4(CC3)CC(NCC(O)COc3cccc(S(=O)(=O)C5(CO)CC5)c3)CO4)c2)cc1. The van der Waals surface area contributed by atoms with Crippen LogP contribution in [0.2, 0.25) is 0 Å². The van der Waals surface area contributed by atoms with Crippen LogP contribution in [0.3, 0.4) is 0 Å². The fourth-order valence-electron chi connectivity index (χ4n) is 6.38. The summed E-state index contributed by atoms with van der Waals surface area (Å²) in [6.45, 7) is 3.04. The summed E-state index contributed by atoms with van der Waals surface area (Å²) in [6.07, 6.45) is 1.92. The van der Waals surface area contributed by atoms with E-state index >= 15 is 0 Å². The van der Waals surface area contributed by atoms with Crippen molar-refractivity contribution >= 4 is 19.9 Å². The Balaban J connectivity index is 0.974. The molecule has 248 valence electrons. The summed E-state index contributed by atoms with van der Waals surface area (Å²) in [5, 5.41) is 23.5. The van der Waals surface area contributed by atoms with Gasteiger partial charge in [-0.1, -0.05) is 48.0 Å². The molecule has 2 saturated heterocycles. The van der Waals surface area contributed by atoms with Gasteiger partial charge in [-0.15, -0.1) is 0 Å². The van der Waals surface area contributed by atoms with Crippen molar-refractivity contribution in [3.05, 3.63) is 78.4 Å². The first-order chi connectivity index (χ1) is 22.0. The minimum Gasteiger partial charge on any atom is -0.491 e. The van der Waals surface area contributed by atoms with Gasteiger partial charge in [-0.05, 0) is 80.5 Å². The molecule has 0 amide bonds. The second-order valence-electron chi connectivity index (χ2n) is 12.9. The lowest BCUT2D eigenvalue weighted by Crippen LogP contribution is -2.47. The van der Waals surface area contributed by atoms with Crippen molar-refractivity contribution in [2.45, 2.75) is 71.3 Å². The summed E-state index contributed by atoms with van der Waals surface area (Å²) in [5.74, 6) is 0.334. The number of nitrogens with one attached hydrogen (secondary N) is 1. The number of rotatable bonds is 12. The molecule has 3 aromatic rings. The zero-order valence-corrected chi connectivity index (χ0v) is 27.6. The van der Waals surface area contributed by atoms with Crippen LogP contribution in [0.5, 0.6) is 5.75 Å². The molecule has 2 unspecified atom stereocenters. The van der Waals surface area contributed by atoms with Crippen molar-refractivity contribution in [3.63, 3.8) is 0 Å². The molecule has 10 nitrogen and oxygen atoms in total. The van der Waals surface area contributed by atoms with Crippen LogP contribution >= 0.6 is 0 Å². The molecule has 3 fully saturated rings. The van der Waals surface area contributed by atoms with Gasteiger partial charge in [0.15, 0.2) is 9.84 Å². The van der Waals surface area contributed by atoms with Gasteiger partial charge in [-0.25, -0.2) is 16.8 Å². The van der Waals surface area contributed by atoms with E-state index in [9.17, 15) is 27.0 Å². The van der Waals surface area contributed by atoms with E-state index in [0.717, 1.165) is 16.7 Å². The summed E-state index contributed by atoms with van der Waals surface area (Å²) < 4.78 is 65.3. The molecule has 3 aliphatic rings.